The number of aliphatic carboxylic acids is 1. The first kappa shape index (κ1) is 55.7. The van der Waals surface area contributed by atoms with Crippen molar-refractivity contribution in [3.63, 3.8) is 0 Å². The Morgan fingerprint density at radius 2 is 0.821 bits per heavy atom. The Morgan fingerprint density at radius 3 is 1.12 bits per heavy atom. The molecule has 10 nitrogen and oxygen atoms in total. The number of hydrogen-bond donors (Lipinski definition) is 1. The molecule has 8 rings (SSSR count). The van der Waals surface area contributed by atoms with Crippen molar-refractivity contribution in [2.75, 3.05) is 31.7 Å². The second-order valence-electron chi connectivity index (χ2n) is 15.8. The Labute approximate surface area is 415 Å². The van der Waals surface area contributed by atoms with Crippen molar-refractivity contribution in [3.05, 3.63) is 204 Å². The quantitative estimate of drug-likeness (QED) is 0.0725. The largest absolute Gasteiger partial charge is 1.00 e. The molecule has 2 amide bonds. The number of likely N-dealkylation sites (tertiary alicyclic amines) is 2. The maximum atomic E-state index is 13.9. The zero-order valence-corrected chi connectivity index (χ0v) is 38.8. The van der Waals surface area contributed by atoms with Gasteiger partial charge in [0.25, 0.3) is 0 Å². The van der Waals surface area contributed by atoms with Crippen molar-refractivity contribution in [3.8, 4) is 0 Å². The minimum absolute atomic E-state index is 0. The molecule has 2 saturated heterocycles. The molecule has 67 heavy (non-hydrogen) atoms. The van der Waals surface area contributed by atoms with Crippen LogP contribution in [-0.4, -0.2) is 93.4 Å². The zero-order chi connectivity index (χ0) is 44.0. The maximum absolute atomic E-state index is 13.9. The maximum Gasteiger partial charge on any atom is 1.00 e. The van der Waals surface area contributed by atoms with Crippen LogP contribution in [0.3, 0.4) is 0 Å². The van der Waals surface area contributed by atoms with Gasteiger partial charge in [-0.3, -0.25) is 9.59 Å². The molecule has 4 N–H and O–H groups in total. The third-order valence-corrected chi connectivity index (χ3v) is 14.1. The summed E-state index contributed by atoms with van der Waals surface area (Å²) in [7, 11) is 1.39. The summed E-state index contributed by atoms with van der Waals surface area (Å²) < 4.78 is 5.08. The van der Waals surface area contributed by atoms with E-state index in [9.17, 15) is 24.3 Å². The van der Waals surface area contributed by atoms with Gasteiger partial charge in [0.15, 0.2) is 0 Å². The van der Waals surface area contributed by atoms with Gasteiger partial charge in [0.1, 0.15) is 12.1 Å². The fraction of sp³-hybridized carbons (Fsp3) is 0.259. The predicted molar refractivity (Wildman–Crippen MR) is 263 cm³/mol. The first-order valence-electron chi connectivity index (χ1n) is 21.3. The van der Waals surface area contributed by atoms with Gasteiger partial charge in [-0.25, -0.2) is 9.59 Å². The van der Waals surface area contributed by atoms with E-state index in [1.807, 2.05) is 158 Å². The van der Waals surface area contributed by atoms with Crippen molar-refractivity contribution in [1.82, 2.24) is 9.80 Å². The van der Waals surface area contributed by atoms with Crippen LogP contribution >= 0.6 is 23.5 Å². The predicted octanol–water partition coefficient (Wildman–Crippen LogP) is 6.55. The van der Waals surface area contributed by atoms with E-state index in [2.05, 4.69) is 24.3 Å². The molecule has 0 aromatic heterocycles. The number of rotatable bonds is 14. The molecule has 4 atom stereocenters. The van der Waals surface area contributed by atoms with Gasteiger partial charge in [-0.05, 0) is 71.2 Å². The molecular weight excluding hydrogens is 876 g/mol. The van der Waals surface area contributed by atoms with Gasteiger partial charge in [0.05, 0.1) is 18.9 Å². The van der Waals surface area contributed by atoms with E-state index in [1.165, 1.54) is 12.0 Å². The summed E-state index contributed by atoms with van der Waals surface area (Å²) in [5.41, 5.74) is 3.61. The number of thioether (sulfide) groups is 2. The molecule has 2 heterocycles. The average Bonchev–Trinajstić information content (AvgIpc) is 3.98. The number of methoxy groups -OCH3 is 1. The minimum Gasteiger partial charge on any atom is -0.870 e. The van der Waals surface area contributed by atoms with E-state index < -0.39 is 29.9 Å². The average molecular weight is 935 g/mol. The van der Waals surface area contributed by atoms with E-state index in [1.54, 1.807) is 33.3 Å². The summed E-state index contributed by atoms with van der Waals surface area (Å²) in [5.74, 6) is -0.424. The molecular formula is C54H59LiN2O8S2. The first-order valence-corrected chi connectivity index (χ1v) is 23.2. The van der Waals surface area contributed by atoms with Crippen LogP contribution in [0.4, 0.5) is 0 Å². The first-order chi connectivity index (χ1) is 30.8. The third-order valence-electron chi connectivity index (χ3n) is 11.6. The van der Waals surface area contributed by atoms with Gasteiger partial charge < -0.3 is 30.6 Å². The number of esters is 1. The Kier molecular flexibility index (Phi) is 23.2. The molecule has 346 valence electrons. The topological polar surface area (TPSA) is 166 Å². The van der Waals surface area contributed by atoms with Crippen LogP contribution in [0.5, 0.6) is 0 Å². The molecule has 0 spiro atoms. The monoisotopic (exact) mass is 934 g/mol. The smallest absolute Gasteiger partial charge is 0.870 e. The van der Waals surface area contributed by atoms with Crippen molar-refractivity contribution in [2.24, 2.45) is 11.8 Å². The summed E-state index contributed by atoms with van der Waals surface area (Å²) in [6.45, 7) is 1.01. The van der Waals surface area contributed by atoms with Crippen molar-refractivity contribution in [2.45, 2.75) is 54.0 Å². The van der Waals surface area contributed by atoms with Gasteiger partial charge in [0.2, 0.25) is 11.8 Å². The second-order valence-corrected chi connectivity index (χ2v) is 18.0. The molecule has 0 unspecified atom stereocenters. The van der Waals surface area contributed by atoms with Crippen LogP contribution in [0.1, 0.15) is 54.4 Å². The molecule has 2 aliphatic heterocycles. The standard InChI is InChI=1S/C27H27NO3S.C26H25NO3S.CH4.Li.2H2O/c1-31-27(30)24-17-20(19-32-23-15-9-4-10-16-23)18-28(24)26(29)25(21-11-5-2-6-12-21)22-13-7-3-8-14-22;28-25(24(20-10-4-1-5-11-20)21-12-6-2-7-13-21)27-17-19(16-23(27)26(29)30)18-31-22-14-8-3-9-15-22;;;;/h2-16,20,24-25H,17-19H2,1H3;1-15,19,23-24H,16-18H2,(H,29,30);1H4;;2*1H2/q;;;+1;;/p-1/t20-,24-;19-,23-;;;;/m00..../s1. The van der Waals surface area contributed by atoms with E-state index in [0.29, 0.717) is 25.9 Å². The van der Waals surface area contributed by atoms with Crippen LogP contribution < -0.4 is 18.9 Å². The van der Waals surface area contributed by atoms with E-state index >= 15 is 0 Å². The number of ether oxygens (including phenoxy) is 1. The number of benzene rings is 6. The number of carbonyl (C=O) groups is 4. The van der Waals surface area contributed by atoms with Crippen LogP contribution in [-0.2, 0) is 23.9 Å². The van der Waals surface area contributed by atoms with Crippen LogP contribution in [0.2, 0.25) is 0 Å². The number of carboxylic acid groups (broad SMARTS) is 1. The summed E-state index contributed by atoms with van der Waals surface area (Å²) in [5, 5.41) is 9.86. The molecule has 2 fully saturated rings. The Balaban J connectivity index is 0.000000335. The van der Waals surface area contributed by atoms with E-state index in [4.69, 9.17) is 4.74 Å². The zero-order valence-electron chi connectivity index (χ0n) is 37.2. The molecule has 0 saturated carbocycles. The van der Waals surface area contributed by atoms with Crippen LogP contribution in [0.15, 0.2) is 192 Å². The number of carbonyl (C=O) groups excluding carboxylic acids is 3. The summed E-state index contributed by atoms with van der Waals surface area (Å²) in [6.07, 6.45) is 1.10. The van der Waals surface area contributed by atoms with E-state index in [-0.39, 0.29) is 66.9 Å². The molecule has 2 aliphatic rings. The third kappa shape index (κ3) is 14.7. The molecule has 13 heteroatoms. The SMILES string of the molecule is C.COC(=O)[C@@H]1C[C@H](CSc2ccccc2)CN1C(=O)C(c1ccccc1)c1ccccc1.O.O=C(O)[C@@H]1C[C@H](CSc2ccccc2)CN1C(=O)C(c1ccccc1)c1ccccc1.[Li+].[OH-]. The molecule has 0 radical (unpaired) electrons. The fourth-order valence-corrected chi connectivity index (χ4v) is 10.5. The van der Waals surface area contributed by atoms with Gasteiger partial charge >= 0.3 is 30.8 Å². The Hall–Kier alpha value is -5.58. The molecule has 0 aliphatic carbocycles. The molecule has 6 aromatic rings. The number of hydrogen-bond acceptors (Lipinski definition) is 8. The summed E-state index contributed by atoms with van der Waals surface area (Å²) in [4.78, 5) is 58.0. The van der Waals surface area contributed by atoms with Gasteiger partial charge in [-0.2, -0.15) is 0 Å². The Morgan fingerprint density at radius 1 is 0.537 bits per heavy atom. The second kappa shape index (κ2) is 27.9. The van der Waals surface area contributed by atoms with Crippen molar-refractivity contribution < 1.29 is 58.8 Å². The van der Waals surface area contributed by atoms with Crippen molar-refractivity contribution >= 4 is 47.3 Å². The van der Waals surface area contributed by atoms with E-state index in [0.717, 1.165) is 38.7 Å². The van der Waals surface area contributed by atoms with Crippen molar-refractivity contribution in [1.29, 1.82) is 0 Å². The number of nitrogens with zero attached hydrogens (tertiary/aromatic N) is 2. The Bertz CT molecular complexity index is 2310. The number of amides is 2. The fourth-order valence-electron chi connectivity index (χ4n) is 8.50. The van der Waals surface area contributed by atoms with Crippen LogP contribution in [0.25, 0.3) is 0 Å². The van der Waals surface area contributed by atoms with Gasteiger partial charge in [0, 0.05) is 34.4 Å². The van der Waals surface area contributed by atoms with Gasteiger partial charge in [-0.1, -0.05) is 165 Å². The minimum atomic E-state index is -0.930. The number of carboxylic acids is 1. The summed E-state index contributed by atoms with van der Waals surface area (Å²) >= 11 is 3.48. The van der Waals surface area contributed by atoms with Gasteiger partial charge in [-0.15, -0.1) is 23.5 Å². The van der Waals surface area contributed by atoms with Crippen LogP contribution in [0, 0.1) is 11.8 Å². The normalized spacial score (nSPS) is 17.1. The molecule has 0 bridgehead atoms. The molecule has 6 aromatic carbocycles. The summed E-state index contributed by atoms with van der Waals surface area (Å²) in [6, 6.07) is 57.7.